The summed E-state index contributed by atoms with van der Waals surface area (Å²) in [4.78, 5) is 26.5. The molecule has 0 saturated carbocycles. The number of piperidine rings is 1. The molecular formula is C17H24N6O3. The number of carbonyl (C=O) groups is 2. The van der Waals surface area contributed by atoms with Crippen LogP contribution in [0.25, 0.3) is 0 Å². The van der Waals surface area contributed by atoms with Crippen LogP contribution in [0.5, 0.6) is 0 Å². The molecule has 2 amide bonds. The molecule has 1 N–H and O–H groups in total. The number of rotatable bonds is 5. The number of hydrogen-bond acceptors (Lipinski definition) is 6. The number of hydrogen-bond donors (Lipinski definition) is 1. The van der Waals surface area contributed by atoms with Crippen LogP contribution < -0.4 is 5.32 Å². The molecule has 0 aromatic carbocycles. The van der Waals surface area contributed by atoms with E-state index in [4.69, 9.17) is 0 Å². The Kier molecular flexibility index (Phi) is 5.34. The number of carbonyl (C=O) groups excluding carboxylic acids is 2. The summed E-state index contributed by atoms with van der Waals surface area (Å²) in [5, 5.41) is 14.6. The zero-order valence-corrected chi connectivity index (χ0v) is 15.4. The highest BCUT2D eigenvalue weighted by Crippen LogP contribution is 2.17. The van der Waals surface area contributed by atoms with Crippen LogP contribution in [0.2, 0.25) is 0 Å². The monoisotopic (exact) mass is 360 g/mol. The Morgan fingerprint density at radius 2 is 2.15 bits per heavy atom. The van der Waals surface area contributed by atoms with E-state index in [0.29, 0.717) is 30.2 Å². The summed E-state index contributed by atoms with van der Waals surface area (Å²) in [6.07, 6.45) is 2.10. The van der Waals surface area contributed by atoms with Gasteiger partial charge >= 0.3 is 0 Å². The van der Waals surface area contributed by atoms with Gasteiger partial charge in [-0.25, -0.2) is 4.63 Å². The Morgan fingerprint density at radius 3 is 2.81 bits per heavy atom. The van der Waals surface area contributed by atoms with Crippen molar-refractivity contribution in [1.82, 2.24) is 30.3 Å². The van der Waals surface area contributed by atoms with Crippen LogP contribution in [0.4, 0.5) is 0 Å². The van der Waals surface area contributed by atoms with E-state index in [2.05, 4.69) is 25.4 Å². The SMILES string of the molecule is Cc1nonc1CC(=O)N1CCCC(CNC(=O)c2cc(C)n(C)n2)C1. The summed E-state index contributed by atoms with van der Waals surface area (Å²) in [6.45, 7) is 5.56. The van der Waals surface area contributed by atoms with E-state index in [9.17, 15) is 9.59 Å². The van der Waals surface area contributed by atoms with Crippen molar-refractivity contribution >= 4 is 11.8 Å². The van der Waals surface area contributed by atoms with Gasteiger partial charge in [0.2, 0.25) is 5.91 Å². The lowest BCUT2D eigenvalue weighted by Crippen LogP contribution is -2.44. The van der Waals surface area contributed by atoms with Crippen molar-refractivity contribution in [2.24, 2.45) is 13.0 Å². The van der Waals surface area contributed by atoms with Gasteiger partial charge < -0.3 is 10.2 Å². The van der Waals surface area contributed by atoms with Crippen LogP contribution in [0, 0.1) is 19.8 Å². The molecule has 2 aromatic rings. The molecule has 1 fully saturated rings. The highest BCUT2D eigenvalue weighted by molar-refractivity contribution is 5.92. The molecule has 1 atom stereocenters. The fourth-order valence-corrected chi connectivity index (χ4v) is 3.12. The van der Waals surface area contributed by atoms with Gasteiger partial charge in [0.1, 0.15) is 17.1 Å². The molecule has 26 heavy (non-hydrogen) atoms. The molecule has 1 aliphatic heterocycles. The standard InChI is InChI=1S/C17H24N6O3/c1-11-7-15(19-22(11)3)17(25)18-9-13-5-4-6-23(10-13)16(24)8-14-12(2)20-26-21-14/h7,13H,4-6,8-10H2,1-3H3,(H,18,25). The van der Waals surface area contributed by atoms with E-state index >= 15 is 0 Å². The fraction of sp³-hybridized carbons (Fsp3) is 0.588. The lowest BCUT2D eigenvalue weighted by Gasteiger charge is -2.32. The molecule has 1 aliphatic rings. The molecule has 9 heteroatoms. The maximum absolute atomic E-state index is 12.5. The Hall–Kier alpha value is -2.71. The Morgan fingerprint density at radius 1 is 1.35 bits per heavy atom. The first kappa shape index (κ1) is 18.1. The number of aromatic nitrogens is 4. The molecule has 3 heterocycles. The maximum atomic E-state index is 12.5. The number of nitrogens with zero attached hydrogens (tertiary/aromatic N) is 5. The van der Waals surface area contributed by atoms with Crippen molar-refractivity contribution in [2.45, 2.75) is 33.1 Å². The second-order valence-electron chi connectivity index (χ2n) is 6.83. The summed E-state index contributed by atoms with van der Waals surface area (Å²) < 4.78 is 6.32. The van der Waals surface area contributed by atoms with Crippen LogP contribution in [0.15, 0.2) is 10.7 Å². The van der Waals surface area contributed by atoms with E-state index in [1.165, 1.54) is 0 Å². The molecule has 0 radical (unpaired) electrons. The lowest BCUT2D eigenvalue weighted by molar-refractivity contribution is -0.132. The smallest absolute Gasteiger partial charge is 0.271 e. The van der Waals surface area contributed by atoms with Crippen molar-refractivity contribution in [1.29, 1.82) is 0 Å². The van der Waals surface area contributed by atoms with Crippen molar-refractivity contribution in [3.8, 4) is 0 Å². The molecule has 3 rings (SSSR count). The largest absolute Gasteiger partial charge is 0.350 e. The zero-order chi connectivity index (χ0) is 18.7. The molecule has 1 unspecified atom stereocenters. The highest BCUT2D eigenvalue weighted by atomic mass is 16.6. The van der Waals surface area contributed by atoms with E-state index in [1.807, 2.05) is 18.9 Å². The summed E-state index contributed by atoms with van der Waals surface area (Å²) in [6, 6.07) is 1.76. The van der Waals surface area contributed by atoms with Gasteiger partial charge in [0, 0.05) is 32.4 Å². The van der Waals surface area contributed by atoms with E-state index in [-0.39, 0.29) is 24.2 Å². The molecule has 0 bridgehead atoms. The second kappa shape index (κ2) is 7.67. The molecule has 9 nitrogen and oxygen atoms in total. The van der Waals surface area contributed by atoms with Crippen molar-refractivity contribution in [3.63, 3.8) is 0 Å². The topological polar surface area (TPSA) is 106 Å². The average Bonchev–Trinajstić information content (AvgIpc) is 3.18. The average molecular weight is 360 g/mol. The molecule has 0 spiro atoms. The first-order chi connectivity index (χ1) is 12.4. The predicted octanol–water partition coefficient (Wildman–Crippen LogP) is 0.631. The minimum Gasteiger partial charge on any atom is -0.350 e. The van der Waals surface area contributed by atoms with Crippen LogP contribution in [0.3, 0.4) is 0 Å². The molecule has 140 valence electrons. The summed E-state index contributed by atoms with van der Waals surface area (Å²) >= 11 is 0. The van der Waals surface area contributed by atoms with E-state index in [1.54, 1.807) is 17.7 Å². The maximum Gasteiger partial charge on any atom is 0.271 e. The minimum absolute atomic E-state index is 0.0141. The van der Waals surface area contributed by atoms with Gasteiger partial charge in [-0.1, -0.05) is 10.3 Å². The van der Waals surface area contributed by atoms with Crippen LogP contribution in [-0.4, -0.2) is 56.4 Å². The number of nitrogens with one attached hydrogen (secondary N) is 1. The van der Waals surface area contributed by atoms with E-state index < -0.39 is 0 Å². The number of likely N-dealkylation sites (tertiary alicyclic amines) is 1. The Bertz CT molecular complexity index is 777. The van der Waals surface area contributed by atoms with Gasteiger partial charge in [0.15, 0.2) is 0 Å². The van der Waals surface area contributed by atoms with Crippen LogP contribution in [0.1, 0.15) is 40.4 Å². The summed E-state index contributed by atoms with van der Waals surface area (Å²) in [5.41, 5.74) is 2.57. The molecule has 2 aromatic heterocycles. The van der Waals surface area contributed by atoms with E-state index in [0.717, 1.165) is 25.1 Å². The van der Waals surface area contributed by atoms with Gasteiger partial charge in [-0.3, -0.25) is 14.3 Å². The second-order valence-corrected chi connectivity index (χ2v) is 6.83. The fourth-order valence-electron chi connectivity index (χ4n) is 3.12. The van der Waals surface area contributed by atoms with Crippen molar-refractivity contribution < 1.29 is 14.2 Å². The van der Waals surface area contributed by atoms with Gasteiger partial charge in [-0.2, -0.15) is 5.10 Å². The quantitative estimate of drug-likeness (QED) is 0.838. The van der Waals surface area contributed by atoms with Crippen LogP contribution >= 0.6 is 0 Å². The minimum atomic E-state index is -0.179. The highest BCUT2D eigenvalue weighted by Gasteiger charge is 2.25. The Balaban J connectivity index is 1.51. The molecule has 0 aliphatic carbocycles. The van der Waals surface area contributed by atoms with Crippen molar-refractivity contribution in [2.75, 3.05) is 19.6 Å². The zero-order valence-electron chi connectivity index (χ0n) is 15.4. The first-order valence-electron chi connectivity index (χ1n) is 8.78. The number of amides is 2. The first-order valence-corrected chi connectivity index (χ1v) is 8.78. The number of aryl methyl sites for hydroxylation is 3. The van der Waals surface area contributed by atoms with Gasteiger partial charge in [-0.05, 0) is 38.7 Å². The summed E-state index contributed by atoms with van der Waals surface area (Å²) in [5.74, 6) is 0.0691. The predicted molar refractivity (Wildman–Crippen MR) is 92.3 cm³/mol. The molecule has 1 saturated heterocycles. The van der Waals surface area contributed by atoms with Crippen LogP contribution in [-0.2, 0) is 18.3 Å². The normalized spacial score (nSPS) is 17.3. The van der Waals surface area contributed by atoms with Gasteiger partial charge in [0.25, 0.3) is 5.91 Å². The van der Waals surface area contributed by atoms with Gasteiger partial charge in [-0.15, -0.1) is 0 Å². The third-order valence-corrected chi connectivity index (χ3v) is 4.83. The third-order valence-electron chi connectivity index (χ3n) is 4.83. The molecular weight excluding hydrogens is 336 g/mol. The lowest BCUT2D eigenvalue weighted by atomic mass is 9.97. The van der Waals surface area contributed by atoms with Crippen molar-refractivity contribution in [3.05, 3.63) is 28.8 Å². The third kappa shape index (κ3) is 4.09. The summed E-state index contributed by atoms with van der Waals surface area (Å²) in [7, 11) is 1.81. The Labute approximate surface area is 151 Å². The van der Waals surface area contributed by atoms with Gasteiger partial charge in [0.05, 0.1) is 6.42 Å².